The van der Waals surface area contributed by atoms with Crippen LogP contribution < -0.4 is 10.6 Å². The minimum Gasteiger partial charge on any atom is -0.383 e. The van der Waals surface area contributed by atoms with E-state index in [1.807, 2.05) is 24.5 Å². The zero-order valence-corrected chi connectivity index (χ0v) is 13.6. The topological polar surface area (TPSA) is 88.1 Å². The zero-order valence-electron chi connectivity index (χ0n) is 12.8. The molecule has 0 atom stereocenters. The van der Waals surface area contributed by atoms with Gasteiger partial charge in [-0.2, -0.15) is 5.26 Å². The molecule has 0 spiro atoms. The number of hydrogen-bond acceptors (Lipinski definition) is 7. The molecule has 1 fully saturated rings. The van der Waals surface area contributed by atoms with Gasteiger partial charge >= 0.3 is 0 Å². The van der Waals surface area contributed by atoms with Gasteiger partial charge < -0.3 is 15.4 Å². The van der Waals surface area contributed by atoms with Crippen LogP contribution in [-0.2, 0) is 4.74 Å². The van der Waals surface area contributed by atoms with Gasteiger partial charge in [-0.05, 0) is 24.5 Å². The monoisotopic (exact) mass is 327 g/mol. The van der Waals surface area contributed by atoms with Gasteiger partial charge in [0, 0.05) is 29.7 Å². The average Bonchev–Trinajstić information content (AvgIpc) is 2.62. The predicted molar refractivity (Wildman–Crippen MR) is 91.4 cm³/mol. The van der Waals surface area contributed by atoms with Gasteiger partial charge in [0.25, 0.3) is 0 Å². The highest BCUT2D eigenvalue weighted by Gasteiger charge is 2.14. The third-order valence-electron chi connectivity index (χ3n) is 3.72. The Morgan fingerprint density at radius 3 is 2.74 bits per heavy atom. The average molecular weight is 327 g/mol. The van der Waals surface area contributed by atoms with Gasteiger partial charge in [0.05, 0.1) is 18.9 Å². The van der Waals surface area contributed by atoms with E-state index in [1.54, 1.807) is 6.20 Å². The van der Waals surface area contributed by atoms with Gasteiger partial charge in [-0.3, -0.25) is 0 Å². The van der Waals surface area contributed by atoms with E-state index in [0.29, 0.717) is 5.56 Å². The summed E-state index contributed by atoms with van der Waals surface area (Å²) in [4.78, 5) is 11.9. The van der Waals surface area contributed by atoms with Crippen molar-refractivity contribution in [1.29, 1.82) is 5.26 Å². The molecule has 0 saturated carbocycles. The molecule has 0 radical (unpaired) electrons. The summed E-state index contributed by atoms with van der Waals surface area (Å²) >= 11 is 1.48. The number of nitrogens with zero attached hydrogens (tertiary/aromatic N) is 4. The molecule has 7 heteroatoms. The predicted octanol–water partition coefficient (Wildman–Crippen LogP) is 2.16. The molecule has 0 aromatic carbocycles. The third kappa shape index (κ3) is 3.23. The van der Waals surface area contributed by atoms with Crippen molar-refractivity contribution in [3.63, 3.8) is 0 Å². The van der Waals surface area contributed by atoms with E-state index in [0.717, 1.165) is 48.3 Å². The van der Waals surface area contributed by atoms with Crippen LogP contribution in [0.3, 0.4) is 0 Å². The highest BCUT2D eigenvalue weighted by molar-refractivity contribution is 7.98. The summed E-state index contributed by atoms with van der Waals surface area (Å²) < 4.78 is 5.35. The molecule has 0 amide bonds. The first kappa shape index (κ1) is 15.6. The maximum atomic E-state index is 9.16. The largest absolute Gasteiger partial charge is 0.383 e. The normalized spacial score (nSPS) is 14.5. The number of morpholine rings is 1. The van der Waals surface area contributed by atoms with Crippen molar-refractivity contribution in [1.82, 2.24) is 9.97 Å². The summed E-state index contributed by atoms with van der Waals surface area (Å²) in [5, 5.41) is 9.16. The number of thioether (sulfide) groups is 1. The van der Waals surface area contributed by atoms with Crippen LogP contribution in [0.5, 0.6) is 0 Å². The van der Waals surface area contributed by atoms with Crippen LogP contribution >= 0.6 is 11.8 Å². The highest BCUT2D eigenvalue weighted by Crippen LogP contribution is 2.29. The third-order valence-corrected chi connectivity index (χ3v) is 4.48. The molecule has 6 nitrogen and oxygen atoms in total. The van der Waals surface area contributed by atoms with Crippen LogP contribution in [0.2, 0.25) is 0 Å². The lowest BCUT2D eigenvalue weighted by Gasteiger charge is -2.27. The fraction of sp³-hybridized carbons (Fsp3) is 0.312. The van der Waals surface area contributed by atoms with Crippen molar-refractivity contribution < 1.29 is 4.74 Å². The first-order chi connectivity index (χ1) is 11.2. The SMILES string of the molecule is CSc1cc(-c2ccc(N3CCOCC3)nc2)nc(N)c1C#N. The van der Waals surface area contributed by atoms with Crippen LogP contribution in [-0.4, -0.2) is 42.5 Å². The van der Waals surface area contributed by atoms with Gasteiger partial charge in [0.1, 0.15) is 23.3 Å². The summed E-state index contributed by atoms with van der Waals surface area (Å²) in [5.74, 6) is 1.19. The van der Waals surface area contributed by atoms with Crippen LogP contribution in [0.4, 0.5) is 11.6 Å². The fourth-order valence-electron chi connectivity index (χ4n) is 2.48. The van der Waals surface area contributed by atoms with E-state index in [-0.39, 0.29) is 5.82 Å². The van der Waals surface area contributed by atoms with Gasteiger partial charge in [-0.1, -0.05) is 0 Å². The molecular weight excluding hydrogens is 310 g/mol. The zero-order chi connectivity index (χ0) is 16.2. The Labute approximate surface area is 139 Å². The maximum Gasteiger partial charge on any atom is 0.143 e. The number of rotatable bonds is 3. The lowest BCUT2D eigenvalue weighted by atomic mass is 10.1. The van der Waals surface area contributed by atoms with E-state index in [4.69, 9.17) is 15.7 Å². The number of aromatic nitrogens is 2. The van der Waals surface area contributed by atoms with Crippen LogP contribution in [0, 0.1) is 11.3 Å². The van der Waals surface area contributed by atoms with E-state index in [1.165, 1.54) is 11.8 Å². The minimum absolute atomic E-state index is 0.256. The van der Waals surface area contributed by atoms with E-state index in [2.05, 4.69) is 20.9 Å². The number of anilines is 2. The van der Waals surface area contributed by atoms with Crippen molar-refractivity contribution in [3.8, 4) is 17.3 Å². The molecule has 23 heavy (non-hydrogen) atoms. The summed E-state index contributed by atoms with van der Waals surface area (Å²) in [6, 6.07) is 7.95. The summed E-state index contributed by atoms with van der Waals surface area (Å²) in [5.41, 5.74) is 7.94. The number of ether oxygens (including phenoxy) is 1. The Balaban J connectivity index is 1.90. The highest BCUT2D eigenvalue weighted by atomic mass is 32.2. The smallest absolute Gasteiger partial charge is 0.143 e. The molecule has 118 valence electrons. The molecule has 1 aliphatic heterocycles. The Hall–Kier alpha value is -2.30. The van der Waals surface area contributed by atoms with Crippen molar-refractivity contribution in [3.05, 3.63) is 30.0 Å². The molecule has 2 aromatic heterocycles. The molecule has 2 aromatic rings. The van der Waals surface area contributed by atoms with E-state index < -0.39 is 0 Å². The second-order valence-corrected chi connectivity index (χ2v) is 5.93. The van der Waals surface area contributed by atoms with Crippen molar-refractivity contribution in [2.45, 2.75) is 4.90 Å². The Morgan fingerprint density at radius 1 is 1.35 bits per heavy atom. The lowest BCUT2D eigenvalue weighted by molar-refractivity contribution is 0.122. The number of nitrogens with two attached hydrogens (primary N) is 1. The Kier molecular flexibility index (Phi) is 4.65. The molecule has 1 saturated heterocycles. The molecule has 0 aliphatic carbocycles. The Bertz CT molecular complexity index is 735. The maximum absolute atomic E-state index is 9.16. The minimum atomic E-state index is 0.256. The van der Waals surface area contributed by atoms with Gasteiger partial charge in [0.2, 0.25) is 0 Å². The first-order valence-electron chi connectivity index (χ1n) is 7.26. The van der Waals surface area contributed by atoms with Crippen molar-refractivity contribution in [2.24, 2.45) is 0 Å². The summed E-state index contributed by atoms with van der Waals surface area (Å²) in [6.45, 7) is 3.17. The molecule has 1 aliphatic rings. The lowest BCUT2D eigenvalue weighted by Crippen LogP contribution is -2.36. The Morgan fingerprint density at radius 2 is 2.13 bits per heavy atom. The van der Waals surface area contributed by atoms with E-state index >= 15 is 0 Å². The standard InChI is InChI=1S/C16H17N5OS/c1-23-14-8-13(20-16(18)12(14)9-17)11-2-3-15(19-10-11)21-4-6-22-7-5-21/h2-3,8,10H,4-7H2,1H3,(H2,18,20). The second-order valence-electron chi connectivity index (χ2n) is 5.09. The van der Waals surface area contributed by atoms with Crippen LogP contribution in [0.1, 0.15) is 5.56 Å². The molecule has 0 bridgehead atoms. The quantitative estimate of drug-likeness (QED) is 0.864. The number of nitrogen functional groups attached to an aromatic ring is 1. The van der Waals surface area contributed by atoms with Crippen molar-refractivity contribution in [2.75, 3.05) is 43.2 Å². The van der Waals surface area contributed by atoms with Gasteiger partial charge in [-0.25, -0.2) is 9.97 Å². The first-order valence-corrected chi connectivity index (χ1v) is 8.49. The van der Waals surface area contributed by atoms with Gasteiger partial charge in [-0.15, -0.1) is 11.8 Å². The van der Waals surface area contributed by atoms with Gasteiger partial charge in [0.15, 0.2) is 0 Å². The molecule has 3 rings (SSSR count). The molecular formula is C16H17N5OS. The molecule has 3 heterocycles. The van der Waals surface area contributed by atoms with Crippen molar-refractivity contribution >= 4 is 23.4 Å². The number of hydrogen-bond donors (Lipinski definition) is 1. The number of nitriles is 1. The second kappa shape index (κ2) is 6.86. The fourth-order valence-corrected chi connectivity index (χ4v) is 3.06. The molecule has 0 unspecified atom stereocenters. The van der Waals surface area contributed by atoms with Crippen LogP contribution in [0.25, 0.3) is 11.3 Å². The van der Waals surface area contributed by atoms with E-state index in [9.17, 15) is 0 Å². The summed E-state index contributed by atoms with van der Waals surface area (Å²) in [7, 11) is 0. The van der Waals surface area contributed by atoms with Crippen LogP contribution in [0.15, 0.2) is 29.3 Å². The molecule has 2 N–H and O–H groups in total. The summed E-state index contributed by atoms with van der Waals surface area (Å²) in [6.07, 6.45) is 3.71. The number of pyridine rings is 2.